The number of fused-ring (bicyclic) bond motifs is 2. The first-order valence-electron chi connectivity index (χ1n) is 22.3. The van der Waals surface area contributed by atoms with Crippen LogP contribution in [-0.2, 0) is 40.0 Å². The van der Waals surface area contributed by atoms with Gasteiger partial charge in [0.2, 0.25) is 0 Å². The molecule has 0 N–H and O–H groups in total. The van der Waals surface area contributed by atoms with Crippen LogP contribution in [0.25, 0.3) is 0 Å². The molecule has 4 aromatic carbocycles. The Kier molecular flexibility index (Phi) is 16.3. The van der Waals surface area contributed by atoms with Gasteiger partial charge in [0, 0.05) is 62.1 Å². The summed E-state index contributed by atoms with van der Waals surface area (Å²) in [6.07, 6.45) is 7.47. The van der Waals surface area contributed by atoms with Gasteiger partial charge in [0.05, 0.1) is 104 Å². The number of allylic oxidation sites excluding steroid dienone is 1. The third-order valence-electron chi connectivity index (χ3n) is 13.6. The maximum atomic E-state index is 13.2. The maximum Gasteiger partial charge on any atom is 0.330 e. The van der Waals surface area contributed by atoms with Gasteiger partial charge >= 0.3 is 5.97 Å². The van der Waals surface area contributed by atoms with E-state index in [1.165, 1.54) is 34.4 Å². The molecule has 4 atom stereocenters. The molecule has 0 saturated heterocycles. The molecule has 0 spiro atoms. The zero-order valence-electron chi connectivity index (χ0n) is 40.0. The van der Waals surface area contributed by atoms with Gasteiger partial charge in [-0.1, -0.05) is 12.1 Å². The van der Waals surface area contributed by atoms with Gasteiger partial charge < -0.3 is 51.6 Å². The molecule has 4 aromatic rings. The summed E-state index contributed by atoms with van der Waals surface area (Å²) in [5.74, 6) is 4.91. The predicted molar refractivity (Wildman–Crippen MR) is 249 cm³/mol. The van der Waals surface area contributed by atoms with Crippen LogP contribution < -0.4 is 37.9 Å². The molecule has 13 nitrogen and oxygen atoms in total. The van der Waals surface area contributed by atoms with E-state index in [9.17, 15) is 9.59 Å². The number of likely N-dealkylation sites (N-methyl/N-ethyl adjacent to an activating group) is 2. The molecule has 6 rings (SSSR count). The van der Waals surface area contributed by atoms with E-state index >= 15 is 0 Å². The normalized spacial score (nSPS) is 20.0. The topological polar surface area (TPSA) is 117 Å². The van der Waals surface area contributed by atoms with Crippen molar-refractivity contribution < 1.29 is 61.2 Å². The van der Waals surface area contributed by atoms with Crippen molar-refractivity contribution in [2.24, 2.45) is 0 Å². The Balaban J connectivity index is 1.07. The molecule has 4 unspecified atom stereocenters. The van der Waals surface area contributed by atoms with Crippen molar-refractivity contribution in [1.29, 1.82) is 0 Å². The van der Waals surface area contributed by atoms with Crippen LogP contribution in [-0.4, -0.2) is 124 Å². The van der Waals surface area contributed by atoms with E-state index in [2.05, 4.69) is 50.5 Å². The van der Waals surface area contributed by atoms with Crippen molar-refractivity contribution in [3.8, 4) is 46.0 Å². The highest BCUT2D eigenvalue weighted by atomic mass is 16.5. The zero-order chi connectivity index (χ0) is 46.7. The first kappa shape index (κ1) is 48.5. The van der Waals surface area contributed by atoms with Crippen LogP contribution in [0.15, 0.2) is 72.8 Å². The maximum absolute atomic E-state index is 13.2. The molecule has 65 heavy (non-hydrogen) atoms. The van der Waals surface area contributed by atoms with Crippen LogP contribution in [0.4, 0.5) is 0 Å². The fourth-order valence-corrected chi connectivity index (χ4v) is 9.83. The van der Waals surface area contributed by atoms with Gasteiger partial charge in [0.15, 0.2) is 51.8 Å². The molecule has 2 heterocycles. The minimum Gasteiger partial charge on any atom is -0.493 e. The summed E-state index contributed by atoms with van der Waals surface area (Å²) in [6.45, 7) is 3.57. The number of rotatable bonds is 22. The van der Waals surface area contributed by atoms with Gasteiger partial charge in [-0.3, -0.25) is 4.79 Å². The van der Waals surface area contributed by atoms with Crippen LogP contribution in [0.5, 0.6) is 46.0 Å². The first-order chi connectivity index (χ1) is 31.4. The minimum atomic E-state index is -0.519. The summed E-state index contributed by atoms with van der Waals surface area (Å²) in [6, 6.07) is 20.7. The molecular formula is C52H68N2O11+2. The second kappa shape index (κ2) is 21.8. The number of ketones is 1. The predicted octanol–water partition coefficient (Wildman–Crippen LogP) is 7.87. The molecule has 0 fully saturated rings. The number of carbonyl (C=O) groups excluding carboxylic acids is 2. The molecule has 0 saturated carbocycles. The first-order valence-corrected chi connectivity index (χ1v) is 22.3. The van der Waals surface area contributed by atoms with E-state index in [0.29, 0.717) is 65.3 Å². The number of quaternary nitrogens is 2. The lowest BCUT2D eigenvalue weighted by molar-refractivity contribution is -0.941. The van der Waals surface area contributed by atoms with Crippen molar-refractivity contribution in [2.45, 2.75) is 57.0 Å². The Labute approximate surface area is 384 Å². The fraction of sp³-hybridized carbons (Fsp3) is 0.462. The monoisotopic (exact) mass is 896 g/mol. The highest BCUT2D eigenvalue weighted by molar-refractivity contribution is 5.95. The van der Waals surface area contributed by atoms with Gasteiger partial charge in [-0.05, 0) is 76.9 Å². The van der Waals surface area contributed by atoms with Gasteiger partial charge in [-0.2, -0.15) is 0 Å². The van der Waals surface area contributed by atoms with Gasteiger partial charge in [-0.25, -0.2) is 4.79 Å². The third-order valence-corrected chi connectivity index (χ3v) is 13.6. The SMILES string of the molecule is COc1ccc(CC2c3cc(OC)c(OC)cc3CC[N+]2(C)CCCOC(=O)/C=C\C(=O)CCC[N+]2(C)CCc3cc(OC)c(OC)cc3C2Cc2ccc(OC)c(OC)c2)cc1OC. The highest BCUT2D eigenvalue weighted by Crippen LogP contribution is 2.45. The van der Waals surface area contributed by atoms with E-state index in [-0.39, 0.29) is 24.5 Å². The van der Waals surface area contributed by atoms with Crippen molar-refractivity contribution in [1.82, 2.24) is 0 Å². The molecule has 0 radical (unpaired) electrons. The van der Waals surface area contributed by atoms with Crippen LogP contribution in [0.1, 0.15) is 64.7 Å². The lowest BCUT2D eigenvalue weighted by Crippen LogP contribution is -2.52. The Morgan fingerprint density at radius 2 is 0.923 bits per heavy atom. The van der Waals surface area contributed by atoms with Crippen molar-refractivity contribution in [3.63, 3.8) is 0 Å². The number of hydrogen-bond acceptors (Lipinski definition) is 11. The smallest absolute Gasteiger partial charge is 0.330 e. The van der Waals surface area contributed by atoms with Crippen molar-refractivity contribution in [3.05, 3.63) is 106 Å². The largest absolute Gasteiger partial charge is 0.493 e. The van der Waals surface area contributed by atoms with Gasteiger partial charge in [0.1, 0.15) is 12.1 Å². The van der Waals surface area contributed by atoms with Crippen molar-refractivity contribution >= 4 is 11.8 Å². The second-order valence-corrected chi connectivity index (χ2v) is 17.4. The summed E-state index contributed by atoms with van der Waals surface area (Å²) >= 11 is 0. The van der Waals surface area contributed by atoms with E-state index in [1.807, 2.05) is 24.3 Å². The summed E-state index contributed by atoms with van der Waals surface area (Å²) < 4.78 is 52.2. The molecule has 0 bridgehead atoms. The highest BCUT2D eigenvalue weighted by Gasteiger charge is 2.41. The molecule has 350 valence electrons. The fourth-order valence-electron chi connectivity index (χ4n) is 9.83. The zero-order valence-corrected chi connectivity index (χ0v) is 40.0. The number of benzene rings is 4. The van der Waals surface area contributed by atoms with E-state index in [0.717, 1.165) is 72.0 Å². The Morgan fingerprint density at radius 1 is 0.523 bits per heavy atom. The molecule has 0 amide bonds. The van der Waals surface area contributed by atoms with E-state index < -0.39 is 5.97 Å². The summed E-state index contributed by atoms with van der Waals surface area (Å²) in [5, 5.41) is 0. The number of hydrogen-bond donors (Lipinski definition) is 0. The number of nitrogens with zero attached hydrogens (tertiary/aromatic N) is 2. The van der Waals surface area contributed by atoms with Crippen LogP contribution >= 0.6 is 0 Å². The molecule has 2 aliphatic heterocycles. The molecule has 13 heteroatoms. The average Bonchev–Trinajstić information content (AvgIpc) is 3.33. The van der Waals surface area contributed by atoms with Crippen LogP contribution in [0.2, 0.25) is 0 Å². The number of esters is 1. The van der Waals surface area contributed by atoms with Crippen LogP contribution in [0, 0.1) is 0 Å². The third kappa shape index (κ3) is 11.1. The van der Waals surface area contributed by atoms with Crippen LogP contribution in [0.3, 0.4) is 0 Å². The second-order valence-electron chi connectivity index (χ2n) is 17.4. The number of ether oxygens (including phenoxy) is 9. The number of carbonyl (C=O) groups is 2. The number of methoxy groups -OCH3 is 8. The summed E-state index contributed by atoms with van der Waals surface area (Å²) in [5.41, 5.74) is 7.11. The lowest BCUT2D eigenvalue weighted by Gasteiger charge is -2.46. The van der Waals surface area contributed by atoms with Gasteiger partial charge in [0.25, 0.3) is 0 Å². The molecule has 0 aromatic heterocycles. The lowest BCUT2D eigenvalue weighted by atomic mass is 9.86. The standard InChI is InChI=1S/C52H68N2O11/c1-53(24-20-37-31-48(61-7)50(63-9)33-40(37)42(53)27-35-14-17-44(57-3)46(29-35)59-5)22-11-13-39(55)16-19-52(56)65-26-12-23-54(2)25-21-38-32-49(62-8)51(64-10)34-41(38)43(54)28-36-15-18-45(58-4)47(30-36)60-6/h14-19,29-34,42-43H,11-13,20-28H2,1-10H3/q+2/b19-16-. The minimum absolute atomic E-state index is 0.0779. The van der Waals surface area contributed by atoms with E-state index in [4.69, 9.17) is 42.6 Å². The Bertz CT molecular complexity index is 2330. The molecule has 0 aliphatic carbocycles. The Morgan fingerprint density at radius 3 is 1.35 bits per heavy atom. The van der Waals surface area contributed by atoms with Crippen molar-refractivity contribution in [2.75, 3.05) is 104 Å². The molecule has 2 aliphatic rings. The van der Waals surface area contributed by atoms with Gasteiger partial charge in [-0.15, -0.1) is 0 Å². The van der Waals surface area contributed by atoms with E-state index in [1.54, 1.807) is 56.9 Å². The summed E-state index contributed by atoms with van der Waals surface area (Å²) in [4.78, 5) is 26.1. The molecular weight excluding hydrogens is 829 g/mol. The average molecular weight is 897 g/mol. The summed E-state index contributed by atoms with van der Waals surface area (Å²) in [7, 11) is 17.7. The Hall–Kier alpha value is -5.92. The quantitative estimate of drug-likeness (QED) is 0.0332.